The van der Waals surface area contributed by atoms with Gasteiger partial charge in [0.05, 0.1) is 0 Å². The van der Waals surface area contributed by atoms with Crippen LogP contribution in [0.1, 0.15) is 32.1 Å². The Hall–Kier alpha value is -1.50. The molecule has 0 aromatic heterocycles. The molecule has 0 saturated heterocycles. The van der Waals surface area contributed by atoms with Crippen molar-refractivity contribution in [2.75, 3.05) is 0 Å². The van der Waals surface area contributed by atoms with Crippen LogP contribution in [-0.4, -0.2) is 24.7 Å². The zero-order valence-electron chi connectivity index (χ0n) is 11.3. The van der Waals surface area contributed by atoms with Crippen molar-refractivity contribution in [3.8, 4) is 0 Å². The van der Waals surface area contributed by atoms with Crippen LogP contribution >= 0.6 is 0 Å². The molecule has 1 atom stereocenters. The molecule has 1 aliphatic rings. The molecule has 1 unspecified atom stereocenters. The third-order valence-corrected chi connectivity index (χ3v) is 6.06. The molecular weight excluding hydrogens is 302 g/mol. The number of halogens is 2. The van der Waals surface area contributed by atoms with E-state index in [9.17, 15) is 27.1 Å². The van der Waals surface area contributed by atoms with E-state index in [2.05, 4.69) is 0 Å². The van der Waals surface area contributed by atoms with Crippen LogP contribution in [0.25, 0.3) is 0 Å². The fourth-order valence-electron chi connectivity index (χ4n) is 2.87. The summed E-state index contributed by atoms with van der Waals surface area (Å²) in [7, 11) is -4.39. The van der Waals surface area contributed by atoms with Gasteiger partial charge in [-0.15, -0.1) is 0 Å². The summed E-state index contributed by atoms with van der Waals surface area (Å²) in [5, 5.41) is 7.61. The van der Waals surface area contributed by atoms with E-state index in [1.54, 1.807) is 0 Å². The van der Waals surface area contributed by atoms with Gasteiger partial charge in [0.15, 0.2) is 15.1 Å². The first-order valence-corrected chi connectivity index (χ1v) is 8.30. The highest BCUT2D eigenvalue weighted by Crippen LogP contribution is 2.33. The number of carbonyl (C=O) groups is 1. The lowest BCUT2D eigenvalue weighted by Gasteiger charge is -2.27. The third-order valence-electron chi connectivity index (χ3n) is 3.86. The van der Waals surface area contributed by atoms with Gasteiger partial charge in [-0.1, -0.05) is 19.3 Å². The number of aliphatic carboxylic acids is 1. The predicted molar refractivity (Wildman–Crippen MR) is 71.5 cm³/mol. The van der Waals surface area contributed by atoms with Gasteiger partial charge in [-0.25, -0.2) is 17.2 Å². The zero-order chi connectivity index (χ0) is 15.6. The van der Waals surface area contributed by atoms with Gasteiger partial charge in [0.25, 0.3) is 0 Å². The average Bonchev–Trinajstić information content (AvgIpc) is 2.38. The summed E-state index contributed by atoms with van der Waals surface area (Å²) in [6.07, 6.45) is 3.43. The van der Waals surface area contributed by atoms with Crippen LogP contribution in [0.4, 0.5) is 8.78 Å². The lowest BCUT2D eigenvalue weighted by atomic mass is 9.87. The van der Waals surface area contributed by atoms with E-state index < -0.39 is 43.5 Å². The summed E-state index contributed by atoms with van der Waals surface area (Å²) in [5.74, 6) is -4.18. The van der Waals surface area contributed by atoms with E-state index in [-0.39, 0.29) is 0 Å². The Morgan fingerprint density at radius 1 is 1.19 bits per heavy atom. The maximum atomic E-state index is 13.7. The standard InChI is InChI=1S/C14H16F2O4S/c15-10-6-7-12(11(16)8-10)21(19,20)13(14(17)18)9-4-2-1-3-5-9/h6-9,13H,1-5H2,(H,17,18). The molecule has 7 heteroatoms. The first-order chi connectivity index (χ1) is 9.84. The monoisotopic (exact) mass is 318 g/mol. The Morgan fingerprint density at radius 2 is 1.81 bits per heavy atom. The second-order valence-electron chi connectivity index (χ2n) is 5.28. The van der Waals surface area contributed by atoms with Gasteiger partial charge in [0.1, 0.15) is 16.5 Å². The predicted octanol–water partition coefficient (Wildman–Crippen LogP) is 2.77. The van der Waals surface area contributed by atoms with E-state index in [4.69, 9.17) is 0 Å². The van der Waals surface area contributed by atoms with Gasteiger partial charge in [0, 0.05) is 6.07 Å². The molecule has 0 amide bonds. The number of hydrogen-bond acceptors (Lipinski definition) is 3. The molecule has 1 saturated carbocycles. The van der Waals surface area contributed by atoms with Gasteiger partial charge in [-0.05, 0) is 30.9 Å². The minimum atomic E-state index is -4.39. The highest BCUT2D eigenvalue weighted by Gasteiger charge is 2.42. The Bertz CT molecular complexity index is 636. The third kappa shape index (κ3) is 3.23. The minimum Gasteiger partial charge on any atom is -0.480 e. The molecule has 1 aliphatic carbocycles. The highest BCUT2D eigenvalue weighted by atomic mass is 32.2. The number of hydrogen-bond donors (Lipinski definition) is 1. The maximum Gasteiger partial charge on any atom is 0.322 e. The summed E-state index contributed by atoms with van der Waals surface area (Å²) >= 11 is 0. The maximum absolute atomic E-state index is 13.7. The number of sulfone groups is 1. The normalized spacial score (nSPS) is 18.4. The van der Waals surface area contributed by atoms with E-state index in [1.165, 1.54) is 0 Å². The summed E-state index contributed by atoms with van der Waals surface area (Å²) in [6.45, 7) is 0. The second kappa shape index (κ2) is 6.09. The minimum absolute atomic E-state index is 0.451. The molecular formula is C14H16F2O4S. The van der Waals surface area contributed by atoms with Crippen LogP contribution in [0.3, 0.4) is 0 Å². The number of benzene rings is 1. The number of rotatable bonds is 4. The average molecular weight is 318 g/mol. The molecule has 4 nitrogen and oxygen atoms in total. The van der Waals surface area contributed by atoms with E-state index in [0.29, 0.717) is 18.9 Å². The van der Waals surface area contributed by atoms with Crippen LogP contribution in [0, 0.1) is 17.6 Å². The first kappa shape index (κ1) is 15.9. The van der Waals surface area contributed by atoms with Crippen molar-refractivity contribution in [3.63, 3.8) is 0 Å². The van der Waals surface area contributed by atoms with Crippen LogP contribution in [0.5, 0.6) is 0 Å². The van der Waals surface area contributed by atoms with Gasteiger partial charge in [-0.3, -0.25) is 4.79 Å². The molecule has 1 N–H and O–H groups in total. The second-order valence-corrected chi connectivity index (χ2v) is 7.31. The molecule has 0 bridgehead atoms. The lowest BCUT2D eigenvalue weighted by Crippen LogP contribution is -2.38. The summed E-state index contributed by atoms with van der Waals surface area (Å²) in [5.41, 5.74) is 0. The van der Waals surface area contributed by atoms with E-state index >= 15 is 0 Å². The SMILES string of the molecule is O=C(O)C(C1CCCCC1)S(=O)(=O)c1ccc(F)cc1F. The Morgan fingerprint density at radius 3 is 2.33 bits per heavy atom. The van der Waals surface area contributed by atoms with Crippen LogP contribution in [0.2, 0.25) is 0 Å². The molecule has 1 aromatic carbocycles. The topological polar surface area (TPSA) is 71.4 Å². The van der Waals surface area contributed by atoms with Crippen molar-refractivity contribution in [2.45, 2.75) is 42.2 Å². The van der Waals surface area contributed by atoms with Crippen molar-refractivity contribution in [3.05, 3.63) is 29.8 Å². The molecule has 116 valence electrons. The zero-order valence-corrected chi connectivity index (χ0v) is 12.1. The van der Waals surface area contributed by atoms with Crippen molar-refractivity contribution < 1.29 is 27.1 Å². The van der Waals surface area contributed by atoms with Crippen LogP contribution in [0.15, 0.2) is 23.1 Å². The molecule has 0 radical (unpaired) electrons. The van der Waals surface area contributed by atoms with Gasteiger partial charge in [0.2, 0.25) is 0 Å². The van der Waals surface area contributed by atoms with Crippen molar-refractivity contribution >= 4 is 15.8 Å². The molecule has 0 spiro atoms. The Balaban J connectivity index is 2.44. The van der Waals surface area contributed by atoms with E-state index in [1.807, 2.05) is 0 Å². The largest absolute Gasteiger partial charge is 0.480 e. The Kier molecular flexibility index (Phi) is 4.61. The van der Waals surface area contributed by atoms with Gasteiger partial charge >= 0.3 is 5.97 Å². The molecule has 0 aliphatic heterocycles. The number of carboxylic acids is 1. The molecule has 1 fully saturated rings. The highest BCUT2D eigenvalue weighted by molar-refractivity contribution is 7.92. The lowest BCUT2D eigenvalue weighted by molar-refractivity contribution is -0.137. The van der Waals surface area contributed by atoms with Crippen molar-refractivity contribution in [2.24, 2.45) is 5.92 Å². The Labute approximate surface area is 121 Å². The molecule has 1 aromatic rings. The fourth-order valence-corrected chi connectivity index (χ4v) is 4.77. The van der Waals surface area contributed by atoms with Crippen LogP contribution < -0.4 is 0 Å². The quantitative estimate of drug-likeness (QED) is 0.867. The van der Waals surface area contributed by atoms with Crippen molar-refractivity contribution in [1.82, 2.24) is 0 Å². The summed E-state index contributed by atoms with van der Waals surface area (Å²) in [4.78, 5) is 10.7. The van der Waals surface area contributed by atoms with E-state index in [0.717, 1.165) is 31.4 Å². The smallest absolute Gasteiger partial charge is 0.322 e. The van der Waals surface area contributed by atoms with Crippen LogP contribution in [-0.2, 0) is 14.6 Å². The molecule has 0 heterocycles. The summed E-state index contributed by atoms with van der Waals surface area (Å²) < 4.78 is 51.5. The van der Waals surface area contributed by atoms with Gasteiger partial charge < -0.3 is 5.11 Å². The van der Waals surface area contributed by atoms with Crippen molar-refractivity contribution in [1.29, 1.82) is 0 Å². The summed E-state index contributed by atoms with van der Waals surface area (Å²) in [6, 6.07) is 2.06. The molecule has 2 rings (SSSR count). The number of carboxylic acid groups (broad SMARTS) is 1. The first-order valence-electron chi connectivity index (χ1n) is 6.76. The van der Waals surface area contributed by atoms with Gasteiger partial charge in [-0.2, -0.15) is 0 Å². The molecule has 21 heavy (non-hydrogen) atoms. The fraction of sp³-hybridized carbons (Fsp3) is 0.500.